The summed E-state index contributed by atoms with van der Waals surface area (Å²) in [6.45, 7) is 7.83. The van der Waals surface area contributed by atoms with Crippen LogP contribution >= 0.6 is 11.3 Å². The number of carbonyl (C=O) groups excluding carboxylic acids is 2. The molecule has 0 saturated carbocycles. The summed E-state index contributed by atoms with van der Waals surface area (Å²) in [5.74, 6) is 0.352. The lowest BCUT2D eigenvalue weighted by Crippen LogP contribution is -2.34. The predicted octanol–water partition coefficient (Wildman–Crippen LogP) is 3.62. The van der Waals surface area contributed by atoms with Crippen molar-refractivity contribution in [1.29, 1.82) is 0 Å². The maximum absolute atomic E-state index is 12.0. The molecule has 0 saturated heterocycles. The van der Waals surface area contributed by atoms with Crippen molar-refractivity contribution in [1.82, 2.24) is 10.3 Å². The Morgan fingerprint density at radius 2 is 1.81 bits per heavy atom. The van der Waals surface area contributed by atoms with E-state index < -0.39 is 0 Å². The van der Waals surface area contributed by atoms with Crippen LogP contribution in [0.1, 0.15) is 32.1 Å². The average Bonchev–Trinajstić information content (AvgIpc) is 2.92. The quantitative estimate of drug-likeness (QED) is 0.808. The summed E-state index contributed by atoms with van der Waals surface area (Å²) < 4.78 is 5.16. The van der Waals surface area contributed by atoms with Gasteiger partial charge in [-0.25, -0.2) is 4.98 Å². The molecule has 0 aliphatic heterocycles. The number of thiazole rings is 1. The van der Waals surface area contributed by atoms with Gasteiger partial charge in [0.2, 0.25) is 11.8 Å². The molecule has 0 unspecified atom stereocenters. The number of aryl methyl sites for hydroxylation is 1. The minimum absolute atomic E-state index is 0.0641. The molecular formula is C19H25N3O3S. The molecule has 0 aliphatic carbocycles. The van der Waals surface area contributed by atoms with Crippen LogP contribution < -0.4 is 15.4 Å². The molecule has 0 spiro atoms. The minimum Gasteiger partial charge on any atom is -0.497 e. The second-order valence-electron chi connectivity index (χ2n) is 7.21. The van der Waals surface area contributed by atoms with Gasteiger partial charge in [-0.2, -0.15) is 0 Å². The zero-order valence-electron chi connectivity index (χ0n) is 15.8. The van der Waals surface area contributed by atoms with Gasteiger partial charge in [0, 0.05) is 16.9 Å². The molecule has 2 amide bonds. The van der Waals surface area contributed by atoms with E-state index in [2.05, 4.69) is 15.6 Å². The first-order valence-electron chi connectivity index (χ1n) is 8.36. The first-order chi connectivity index (χ1) is 12.2. The summed E-state index contributed by atoms with van der Waals surface area (Å²) in [5, 5.41) is 5.90. The highest BCUT2D eigenvalue weighted by molar-refractivity contribution is 7.16. The number of anilines is 1. The fourth-order valence-electron chi connectivity index (χ4n) is 2.35. The highest BCUT2D eigenvalue weighted by Crippen LogP contribution is 2.31. The Morgan fingerprint density at radius 1 is 1.15 bits per heavy atom. The monoisotopic (exact) mass is 375 g/mol. The number of amides is 2. The third-order valence-corrected chi connectivity index (χ3v) is 4.43. The molecule has 0 radical (unpaired) electrons. The van der Waals surface area contributed by atoms with Crippen LogP contribution in [0.5, 0.6) is 5.75 Å². The van der Waals surface area contributed by atoms with E-state index in [0.717, 1.165) is 21.9 Å². The second kappa shape index (κ2) is 8.31. The van der Waals surface area contributed by atoms with Crippen molar-refractivity contribution in [2.45, 2.75) is 34.1 Å². The van der Waals surface area contributed by atoms with Crippen LogP contribution in [0.25, 0.3) is 11.3 Å². The van der Waals surface area contributed by atoms with Gasteiger partial charge in [0.1, 0.15) is 5.75 Å². The summed E-state index contributed by atoms with van der Waals surface area (Å²) in [7, 11) is 1.62. The van der Waals surface area contributed by atoms with E-state index in [1.54, 1.807) is 7.11 Å². The molecule has 6 nitrogen and oxygen atoms in total. The van der Waals surface area contributed by atoms with Gasteiger partial charge in [0.15, 0.2) is 5.13 Å². The number of carbonyl (C=O) groups is 2. The van der Waals surface area contributed by atoms with Crippen LogP contribution in [0.3, 0.4) is 0 Å². The van der Waals surface area contributed by atoms with Crippen LogP contribution in [0.15, 0.2) is 24.3 Å². The normalized spacial score (nSPS) is 11.1. The lowest BCUT2D eigenvalue weighted by atomic mass is 9.92. The summed E-state index contributed by atoms with van der Waals surface area (Å²) in [6, 6.07) is 7.60. The Bertz CT molecular complexity index is 776. The molecule has 0 atom stereocenters. The van der Waals surface area contributed by atoms with Crippen LogP contribution in [0.4, 0.5) is 5.13 Å². The van der Waals surface area contributed by atoms with Crippen molar-refractivity contribution >= 4 is 28.3 Å². The van der Waals surface area contributed by atoms with E-state index in [0.29, 0.717) is 11.6 Å². The van der Waals surface area contributed by atoms with Crippen molar-refractivity contribution in [3.05, 3.63) is 29.1 Å². The molecule has 0 aliphatic rings. The summed E-state index contributed by atoms with van der Waals surface area (Å²) in [4.78, 5) is 29.3. The molecule has 0 bridgehead atoms. The number of nitrogens with one attached hydrogen (secondary N) is 2. The number of rotatable bonds is 6. The van der Waals surface area contributed by atoms with Crippen molar-refractivity contribution in [2.24, 2.45) is 5.41 Å². The van der Waals surface area contributed by atoms with Gasteiger partial charge in [-0.05, 0) is 36.6 Å². The van der Waals surface area contributed by atoms with Crippen molar-refractivity contribution in [2.75, 3.05) is 19.0 Å². The van der Waals surface area contributed by atoms with Gasteiger partial charge in [-0.15, -0.1) is 11.3 Å². The maximum atomic E-state index is 12.0. The largest absolute Gasteiger partial charge is 0.497 e. The third-order valence-electron chi connectivity index (χ3n) is 3.54. The fourth-order valence-corrected chi connectivity index (χ4v) is 3.21. The maximum Gasteiger partial charge on any atom is 0.245 e. The Balaban J connectivity index is 1.95. The van der Waals surface area contributed by atoms with Crippen molar-refractivity contribution < 1.29 is 14.3 Å². The van der Waals surface area contributed by atoms with Crippen LogP contribution in [0, 0.1) is 12.3 Å². The lowest BCUT2D eigenvalue weighted by molar-refractivity contribution is -0.125. The highest BCUT2D eigenvalue weighted by Gasteiger charge is 2.17. The van der Waals surface area contributed by atoms with Gasteiger partial charge < -0.3 is 15.4 Å². The van der Waals surface area contributed by atoms with E-state index in [1.165, 1.54) is 11.3 Å². The number of hydrogen-bond acceptors (Lipinski definition) is 5. The lowest BCUT2D eigenvalue weighted by Gasteiger charge is -2.16. The number of aromatic nitrogens is 1. The zero-order chi connectivity index (χ0) is 19.3. The molecular weight excluding hydrogens is 350 g/mol. The molecule has 2 N–H and O–H groups in total. The molecule has 1 heterocycles. The number of methoxy groups -OCH3 is 1. The smallest absolute Gasteiger partial charge is 0.245 e. The van der Waals surface area contributed by atoms with E-state index in [9.17, 15) is 9.59 Å². The number of nitrogens with zero attached hydrogens (tertiary/aromatic N) is 1. The first kappa shape index (κ1) is 19.9. The molecule has 7 heteroatoms. The number of ether oxygens (including phenoxy) is 1. The molecule has 2 aromatic rings. The molecule has 2 rings (SSSR count). The summed E-state index contributed by atoms with van der Waals surface area (Å²) in [6.07, 6.45) is 0.373. The van der Waals surface area contributed by atoms with Gasteiger partial charge >= 0.3 is 0 Å². The standard InChI is InChI=1S/C19H25N3O3S/c1-12-17(13-6-8-14(25-5)9-7-13)22-18(26-12)21-16(24)11-20-15(23)10-19(2,3)4/h6-9H,10-11H2,1-5H3,(H,20,23)(H,21,22,24). The van der Waals surface area contributed by atoms with Crippen LogP contribution in [0.2, 0.25) is 0 Å². The van der Waals surface area contributed by atoms with Crippen LogP contribution in [-0.4, -0.2) is 30.5 Å². The van der Waals surface area contributed by atoms with E-state index >= 15 is 0 Å². The Hall–Kier alpha value is -2.41. The average molecular weight is 375 g/mol. The molecule has 1 aromatic heterocycles. The molecule has 0 fully saturated rings. The van der Waals surface area contributed by atoms with Gasteiger partial charge in [-0.1, -0.05) is 20.8 Å². The molecule has 1 aromatic carbocycles. The van der Waals surface area contributed by atoms with E-state index in [-0.39, 0.29) is 23.8 Å². The number of benzene rings is 1. The van der Waals surface area contributed by atoms with Gasteiger partial charge in [-0.3, -0.25) is 9.59 Å². The minimum atomic E-state index is -0.290. The zero-order valence-corrected chi connectivity index (χ0v) is 16.6. The van der Waals surface area contributed by atoms with Crippen LogP contribution in [-0.2, 0) is 9.59 Å². The first-order valence-corrected chi connectivity index (χ1v) is 9.18. The fraction of sp³-hybridized carbons (Fsp3) is 0.421. The summed E-state index contributed by atoms with van der Waals surface area (Å²) >= 11 is 1.40. The Kier molecular flexibility index (Phi) is 6.37. The third kappa shape index (κ3) is 5.84. The van der Waals surface area contributed by atoms with E-state index in [4.69, 9.17) is 4.74 Å². The topological polar surface area (TPSA) is 80.3 Å². The predicted molar refractivity (Wildman–Crippen MR) is 105 cm³/mol. The highest BCUT2D eigenvalue weighted by atomic mass is 32.1. The molecule has 26 heavy (non-hydrogen) atoms. The summed E-state index contributed by atoms with van der Waals surface area (Å²) in [5.41, 5.74) is 1.67. The van der Waals surface area contributed by atoms with Crippen molar-refractivity contribution in [3.8, 4) is 17.0 Å². The Morgan fingerprint density at radius 3 is 2.38 bits per heavy atom. The SMILES string of the molecule is COc1ccc(-c2nc(NC(=O)CNC(=O)CC(C)(C)C)sc2C)cc1. The van der Waals surface area contributed by atoms with Gasteiger partial charge in [0.25, 0.3) is 0 Å². The van der Waals surface area contributed by atoms with E-state index in [1.807, 2.05) is 52.0 Å². The van der Waals surface area contributed by atoms with Gasteiger partial charge in [0.05, 0.1) is 19.3 Å². The number of hydrogen-bond donors (Lipinski definition) is 2. The molecule has 140 valence electrons. The second-order valence-corrected chi connectivity index (χ2v) is 8.42. The Labute approximate surface area is 158 Å². The van der Waals surface area contributed by atoms with Crippen molar-refractivity contribution in [3.63, 3.8) is 0 Å².